The van der Waals surface area contributed by atoms with E-state index in [1.165, 1.54) is 32.6 Å². The van der Waals surface area contributed by atoms with Crippen molar-refractivity contribution in [2.24, 2.45) is 0 Å². The monoisotopic (exact) mass is 238 g/mol. The molecule has 1 heterocycles. The van der Waals surface area contributed by atoms with E-state index in [2.05, 4.69) is 4.90 Å². The molecule has 1 saturated heterocycles. The molecular formula is C13H22N2O2. The van der Waals surface area contributed by atoms with E-state index in [0.717, 1.165) is 32.2 Å². The minimum atomic E-state index is -0.0341. The summed E-state index contributed by atoms with van der Waals surface area (Å²) in [5, 5.41) is 0. The molecule has 4 heteroatoms. The fourth-order valence-electron chi connectivity index (χ4n) is 2.93. The smallest absolute Gasteiger partial charge is 0.230 e. The summed E-state index contributed by atoms with van der Waals surface area (Å²) in [6.07, 6.45) is 5.43. The van der Waals surface area contributed by atoms with Crippen LogP contribution in [0.15, 0.2) is 0 Å². The van der Waals surface area contributed by atoms with Crippen LogP contribution in [0.2, 0.25) is 0 Å². The first-order valence-electron chi connectivity index (χ1n) is 6.68. The first kappa shape index (κ1) is 12.6. The van der Waals surface area contributed by atoms with Crippen LogP contribution in [-0.2, 0) is 9.59 Å². The van der Waals surface area contributed by atoms with E-state index in [0.29, 0.717) is 0 Å². The summed E-state index contributed by atoms with van der Waals surface area (Å²) in [7, 11) is 0. The van der Waals surface area contributed by atoms with E-state index in [9.17, 15) is 9.59 Å². The van der Waals surface area contributed by atoms with E-state index >= 15 is 0 Å². The van der Waals surface area contributed by atoms with Crippen LogP contribution in [0.25, 0.3) is 0 Å². The summed E-state index contributed by atoms with van der Waals surface area (Å²) >= 11 is 0. The molecule has 0 bridgehead atoms. The Labute approximate surface area is 103 Å². The number of hydrogen-bond donors (Lipinski definition) is 0. The Bertz CT molecular complexity index is 290. The Morgan fingerprint density at radius 2 is 1.65 bits per heavy atom. The minimum absolute atomic E-state index is 0.00331. The highest BCUT2D eigenvalue weighted by molar-refractivity contribution is 5.96. The maximum atomic E-state index is 11.7. The summed E-state index contributed by atoms with van der Waals surface area (Å²) in [6, 6.07) is 0.750. The quantitative estimate of drug-likeness (QED) is 0.690. The van der Waals surface area contributed by atoms with Crippen LogP contribution >= 0.6 is 0 Å². The molecule has 4 nitrogen and oxygen atoms in total. The number of rotatable bonds is 3. The topological polar surface area (TPSA) is 40.6 Å². The summed E-state index contributed by atoms with van der Waals surface area (Å²) in [6.45, 7) is 5.03. The summed E-state index contributed by atoms with van der Waals surface area (Å²) in [5.74, 6) is -0.0307. The molecule has 1 amide bonds. The second-order valence-corrected chi connectivity index (χ2v) is 5.23. The molecule has 2 fully saturated rings. The zero-order valence-electron chi connectivity index (χ0n) is 10.7. The van der Waals surface area contributed by atoms with Gasteiger partial charge in [-0.15, -0.1) is 0 Å². The van der Waals surface area contributed by atoms with E-state index < -0.39 is 0 Å². The Morgan fingerprint density at radius 1 is 1.06 bits per heavy atom. The van der Waals surface area contributed by atoms with E-state index in [-0.39, 0.29) is 18.1 Å². The van der Waals surface area contributed by atoms with Gasteiger partial charge in [-0.25, -0.2) is 0 Å². The second-order valence-electron chi connectivity index (χ2n) is 5.23. The third-order valence-corrected chi connectivity index (χ3v) is 3.91. The first-order valence-corrected chi connectivity index (χ1v) is 6.68. The van der Waals surface area contributed by atoms with Crippen molar-refractivity contribution < 1.29 is 9.59 Å². The molecule has 96 valence electrons. The summed E-state index contributed by atoms with van der Waals surface area (Å²) in [5.41, 5.74) is 0. The SMILES string of the molecule is CC(=O)CC(=O)N1CCN(C2CCCC2)CC1. The largest absolute Gasteiger partial charge is 0.340 e. The summed E-state index contributed by atoms with van der Waals surface area (Å²) in [4.78, 5) is 27.0. The molecule has 1 aliphatic heterocycles. The highest BCUT2D eigenvalue weighted by Gasteiger charge is 2.27. The van der Waals surface area contributed by atoms with Crippen LogP contribution in [0, 0.1) is 0 Å². The van der Waals surface area contributed by atoms with Gasteiger partial charge >= 0.3 is 0 Å². The Balaban J connectivity index is 1.77. The van der Waals surface area contributed by atoms with Crippen molar-refractivity contribution in [1.82, 2.24) is 9.80 Å². The molecule has 0 N–H and O–H groups in total. The lowest BCUT2D eigenvalue weighted by Crippen LogP contribution is -2.51. The molecular weight excluding hydrogens is 216 g/mol. The number of nitrogens with zero attached hydrogens (tertiary/aromatic N) is 2. The molecule has 1 saturated carbocycles. The standard InChI is InChI=1S/C13H22N2O2/c1-11(16)10-13(17)15-8-6-14(7-9-15)12-4-2-3-5-12/h12H,2-10H2,1H3. The number of carbonyl (C=O) groups excluding carboxylic acids is 2. The van der Waals surface area contributed by atoms with E-state index in [1.807, 2.05) is 4.90 Å². The molecule has 17 heavy (non-hydrogen) atoms. The van der Waals surface area contributed by atoms with Gasteiger partial charge in [0, 0.05) is 32.2 Å². The van der Waals surface area contributed by atoms with Gasteiger partial charge < -0.3 is 4.90 Å². The van der Waals surface area contributed by atoms with Gasteiger partial charge in [0.05, 0.1) is 6.42 Å². The van der Waals surface area contributed by atoms with Gasteiger partial charge in [-0.3, -0.25) is 14.5 Å². The van der Waals surface area contributed by atoms with Gasteiger partial charge in [-0.05, 0) is 19.8 Å². The van der Waals surface area contributed by atoms with Gasteiger partial charge in [0.2, 0.25) is 5.91 Å². The Morgan fingerprint density at radius 3 is 2.18 bits per heavy atom. The fraction of sp³-hybridized carbons (Fsp3) is 0.846. The van der Waals surface area contributed by atoms with Crippen molar-refractivity contribution in [2.75, 3.05) is 26.2 Å². The molecule has 1 aliphatic carbocycles. The van der Waals surface area contributed by atoms with Crippen LogP contribution in [-0.4, -0.2) is 53.7 Å². The summed E-state index contributed by atoms with van der Waals surface area (Å²) < 4.78 is 0. The average Bonchev–Trinajstić information content (AvgIpc) is 2.82. The average molecular weight is 238 g/mol. The minimum Gasteiger partial charge on any atom is -0.340 e. The van der Waals surface area contributed by atoms with Crippen LogP contribution in [0.1, 0.15) is 39.0 Å². The predicted molar refractivity (Wildman–Crippen MR) is 65.7 cm³/mol. The number of amides is 1. The maximum absolute atomic E-state index is 11.7. The molecule has 2 aliphatic rings. The molecule has 0 spiro atoms. The number of hydrogen-bond acceptors (Lipinski definition) is 3. The lowest BCUT2D eigenvalue weighted by molar-refractivity contribution is -0.136. The molecule has 0 aromatic heterocycles. The van der Waals surface area contributed by atoms with Crippen LogP contribution < -0.4 is 0 Å². The molecule has 0 radical (unpaired) electrons. The highest BCUT2D eigenvalue weighted by atomic mass is 16.2. The van der Waals surface area contributed by atoms with Crippen molar-refractivity contribution in [3.63, 3.8) is 0 Å². The first-order chi connectivity index (χ1) is 8.16. The number of piperazine rings is 1. The van der Waals surface area contributed by atoms with Crippen LogP contribution in [0.3, 0.4) is 0 Å². The lowest BCUT2D eigenvalue weighted by atomic mass is 10.1. The molecule has 0 unspecified atom stereocenters. The third-order valence-electron chi connectivity index (χ3n) is 3.91. The second kappa shape index (κ2) is 5.63. The van der Waals surface area contributed by atoms with Gasteiger partial charge in [0.1, 0.15) is 5.78 Å². The number of carbonyl (C=O) groups is 2. The van der Waals surface area contributed by atoms with Crippen molar-refractivity contribution in [1.29, 1.82) is 0 Å². The molecule has 0 aromatic carbocycles. The zero-order valence-corrected chi connectivity index (χ0v) is 10.7. The van der Waals surface area contributed by atoms with Gasteiger partial charge in [0.25, 0.3) is 0 Å². The van der Waals surface area contributed by atoms with E-state index in [4.69, 9.17) is 0 Å². The molecule has 0 atom stereocenters. The Kier molecular flexibility index (Phi) is 4.15. The van der Waals surface area contributed by atoms with Crippen LogP contribution in [0.4, 0.5) is 0 Å². The van der Waals surface area contributed by atoms with Crippen molar-refractivity contribution in [3.05, 3.63) is 0 Å². The number of ketones is 1. The molecule has 2 rings (SSSR count). The van der Waals surface area contributed by atoms with Gasteiger partial charge in [-0.2, -0.15) is 0 Å². The van der Waals surface area contributed by atoms with E-state index in [1.54, 1.807) is 0 Å². The zero-order chi connectivity index (χ0) is 12.3. The normalized spacial score (nSPS) is 23.0. The van der Waals surface area contributed by atoms with Gasteiger partial charge in [-0.1, -0.05) is 12.8 Å². The third kappa shape index (κ3) is 3.28. The lowest BCUT2D eigenvalue weighted by Gasteiger charge is -2.38. The maximum Gasteiger partial charge on any atom is 0.230 e. The fourth-order valence-corrected chi connectivity index (χ4v) is 2.93. The van der Waals surface area contributed by atoms with Crippen molar-refractivity contribution in [2.45, 2.75) is 45.1 Å². The van der Waals surface area contributed by atoms with Crippen molar-refractivity contribution in [3.8, 4) is 0 Å². The van der Waals surface area contributed by atoms with Crippen LogP contribution in [0.5, 0.6) is 0 Å². The Hall–Kier alpha value is -0.900. The van der Waals surface area contributed by atoms with Crippen molar-refractivity contribution >= 4 is 11.7 Å². The highest BCUT2D eigenvalue weighted by Crippen LogP contribution is 2.24. The number of Topliss-reactive ketones (excluding diaryl/α,β-unsaturated/α-hetero) is 1. The predicted octanol–water partition coefficient (Wildman–Crippen LogP) is 1.05. The van der Waals surface area contributed by atoms with Gasteiger partial charge in [0.15, 0.2) is 0 Å². The molecule has 0 aromatic rings.